The van der Waals surface area contributed by atoms with Gasteiger partial charge in [-0.2, -0.15) is 27.1 Å². The number of nitrogens with zero attached hydrogens (tertiary/aromatic N) is 2. The molecule has 0 aliphatic rings. The number of para-hydroxylation sites is 1. The Labute approximate surface area is 124 Å². The normalized spacial score (nSPS) is 12.0. The summed E-state index contributed by atoms with van der Waals surface area (Å²) in [5.74, 6) is -0.154. The van der Waals surface area contributed by atoms with Gasteiger partial charge in [-0.1, -0.05) is 12.1 Å². The summed E-state index contributed by atoms with van der Waals surface area (Å²) >= 11 is 3.06. The molecule has 3 nitrogen and oxygen atoms in total. The predicted molar refractivity (Wildman–Crippen MR) is 68.1 cm³/mol. The van der Waals surface area contributed by atoms with Gasteiger partial charge >= 0.3 is 12.8 Å². The summed E-state index contributed by atoms with van der Waals surface area (Å²) in [6.45, 7) is -4.31. The van der Waals surface area contributed by atoms with E-state index in [0.29, 0.717) is 4.68 Å². The Kier molecular flexibility index (Phi) is 4.50. The van der Waals surface area contributed by atoms with Crippen molar-refractivity contribution in [2.75, 3.05) is 0 Å². The Morgan fingerprint density at radius 3 is 2.62 bits per heavy atom. The molecule has 1 aromatic carbocycles. The van der Waals surface area contributed by atoms with Crippen LogP contribution in [0.5, 0.6) is 5.75 Å². The van der Waals surface area contributed by atoms with Crippen LogP contribution in [0.25, 0.3) is 11.1 Å². The van der Waals surface area contributed by atoms with E-state index in [1.807, 2.05) is 0 Å². The van der Waals surface area contributed by atoms with E-state index < -0.39 is 19.3 Å². The molecule has 0 bridgehead atoms. The zero-order valence-electron chi connectivity index (χ0n) is 10.2. The molecule has 0 saturated carbocycles. The highest BCUT2D eigenvalue weighted by Gasteiger charge is 2.28. The monoisotopic (exact) mass is 370 g/mol. The van der Waals surface area contributed by atoms with E-state index in [9.17, 15) is 22.0 Å². The first-order valence-electron chi connectivity index (χ1n) is 5.59. The van der Waals surface area contributed by atoms with E-state index >= 15 is 0 Å². The highest BCUT2D eigenvalue weighted by atomic mass is 79.9. The van der Waals surface area contributed by atoms with E-state index in [1.54, 1.807) is 6.07 Å². The lowest BCUT2D eigenvalue weighted by Gasteiger charge is -2.11. The van der Waals surface area contributed by atoms with E-state index in [2.05, 4.69) is 25.8 Å². The minimum atomic E-state index is -4.41. The summed E-state index contributed by atoms with van der Waals surface area (Å²) in [6, 6.07) is 4.50. The molecule has 0 aliphatic heterocycles. The van der Waals surface area contributed by atoms with E-state index in [4.69, 9.17) is 0 Å². The maximum Gasteiger partial charge on any atom is 0.408 e. The minimum absolute atomic E-state index is 0.154. The fourth-order valence-electron chi connectivity index (χ4n) is 1.72. The smallest absolute Gasteiger partial charge is 0.408 e. The van der Waals surface area contributed by atoms with Crippen LogP contribution in [0.1, 0.15) is 0 Å². The molecular formula is C12H8BrF5N2O. The molecule has 2 aromatic rings. The van der Waals surface area contributed by atoms with Crippen LogP contribution in [0.15, 0.2) is 35.1 Å². The molecule has 0 unspecified atom stereocenters. The van der Waals surface area contributed by atoms with Gasteiger partial charge in [-0.05, 0) is 22.0 Å². The van der Waals surface area contributed by atoms with Gasteiger partial charge in [-0.3, -0.25) is 4.68 Å². The Bertz CT molecular complexity index is 626. The van der Waals surface area contributed by atoms with Crippen molar-refractivity contribution in [3.05, 3.63) is 35.1 Å². The molecule has 1 aromatic heterocycles. The molecule has 0 amide bonds. The average Bonchev–Trinajstić information content (AvgIpc) is 2.77. The molecule has 0 atom stereocenters. The second-order valence-electron chi connectivity index (χ2n) is 4.04. The number of rotatable bonds is 4. The second kappa shape index (κ2) is 6.00. The first kappa shape index (κ1) is 15.7. The van der Waals surface area contributed by atoms with Gasteiger partial charge in [0.15, 0.2) is 0 Å². The Morgan fingerprint density at radius 1 is 1.29 bits per heavy atom. The zero-order chi connectivity index (χ0) is 15.6. The van der Waals surface area contributed by atoms with E-state index in [-0.39, 0.29) is 21.3 Å². The topological polar surface area (TPSA) is 27.1 Å². The zero-order valence-corrected chi connectivity index (χ0v) is 11.8. The van der Waals surface area contributed by atoms with Gasteiger partial charge in [-0.25, -0.2) is 0 Å². The summed E-state index contributed by atoms with van der Waals surface area (Å²) < 4.78 is 67.0. The van der Waals surface area contributed by atoms with Crippen LogP contribution in [-0.2, 0) is 6.54 Å². The van der Waals surface area contributed by atoms with Crippen molar-refractivity contribution in [1.82, 2.24) is 9.78 Å². The number of hydrogen-bond donors (Lipinski definition) is 0. The lowest BCUT2D eigenvalue weighted by Crippen LogP contribution is -2.17. The van der Waals surface area contributed by atoms with Crippen molar-refractivity contribution >= 4 is 15.9 Å². The van der Waals surface area contributed by atoms with Crippen LogP contribution in [0.2, 0.25) is 0 Å². The van der Waals surface area contributed by atoms with Crippen molar-refractivity contribution < 1.29 is 26.7 Å². The summed E-state index contributed by atoms with van der Waals surface area (Å²) in [6.07, 6.45) is -2.14. The van der Waals surface area contributed by atoms with Crippen LogP contribution >= 0.6 is 15.9 Å². The van der Waals surface area contributed by atoms with Crippen LogP contribution in [0.3, 0.4) is 0 Å². The van der Waals surface area contributed by atoms with Crippen molar-refractivity contribution in [3.8, 4) is 16.9 Å². The molecule has 0 fully saturated rings. The third-order valence-electron chi connectivity index (χ3n) is 2.46. The Morgan fingerprint density at radius 2 is 2.00 bits per heavy atom. The third-order valence-corrected chi connectivity index (χ3v) is 3.08. The van der Waals surface area contributed by atoms with Crippen LogP contribution in [0, 0.1) is 0 Å². The maximum atomic E-state index is 12.4. The third kappa shape index (κ3) is 4.16. The van der Waals surface area contributed by atoms with Gasteiger partial charge in [-0.15, -0.1) is 0 Å². The summed E-state index contributed by atoms with van der Waals surface area (Å²) in [5.41, 5.74) is 0.467. The fraction of sp³-hybridized carbons (Fsp3) is 0.250. The number of ether oxygens (including phenoxy) is 1. The molecule has 0 spiro atoms. The molecule has 1 heterocycles. The quantitative estimate of drug-likeness (QED) is 0.742. The van der Waals surface area contributed by atoms with E-state index in [0.717, 1.165) is 12.4 Å². The first-order chi connectivity index (χ1) is 9.76. The molecule has 0 radical (unpaired) electrons. The predicted octanol–water partition coefficient (Wildman–Crippen LogP) is 4.48. The number of benzene rings is 1. The Balaban J connectivity index is 2.36. The fourth-order valence-corrected chi connectivity index (χ4v) is 2.18. The van der Waals surface area contributed by atoms with Crippen LogP contribution in [0.4, 0.5) is 22.0 Å². The van der Waals surface area contributed by atoms with Gasteiger partial charge in [0.2, 0.25) is 0 Å². The van der Waals surface area contributed by atoms with Crippen molar-refractivity contribution in [2.45, 2.75) is 19.3 Å². The number of alkyl halides is 5. The minimum Gasteiger partial charge on any atom is -0.433 e. The standard InChI is InChI=1S/C12H8BrF5N2O/c13-9-3-1-2-8(10(9)21-11(14)15)7-4-19-20(5-7)6-12(16,17)18/h1-5,11H,6H2. The SMILES string of the molecule is FC(F)Oc1c(Br)cccc1-c1cnn(CC(F)(F)F)c1. The molecule has 9 heteroatoms. The van der Waals surface area contributed by atoms with Crippen LogP contribution in [-0.4, -0.2) is 22.6 Å². The highest BCUT2D eigenvalue weighted by molar-refractivity contribution is 9.10. The van der Waals surface area contributed by atoms with Gasteiger partial charge in [0.25, 0.3) is 0 Å². The molecule has 0 saturated heterocycles. The Hall–Kier alpha value is -1.64. The number of hydrogen-bond acceptors (Lipinski definition) is 2. The molecule has 21 heavy (non-hydrogen) atoms. The molecule has 114 valence electrons. The lowest BCUT2D eigenvalue weighted by atomic mass is 10.1. The number of aromatic nitrogens is 2. The number of halogens is 6. The average molecular weight is 371 g/mol. The molecule has 0 aliphatic carbocycles. The van der Waals surface area contributed by atoms with Crippen molar-refractivity contribution in [1.29, 1.82) is 0 Å². The van der Waals surface area contributed by atoms with Gasteiger partial charge in [0.05, 0.1) is 10.7 Å². The highest BCUT2D eigenvalue weighted by Crippen LogP contribution is 2.37. The molecule has 0 N–H and O–H groups in total. The maximum absolute atomic E-state index is 12.4. The van der Waals surface area contributed by atoms with E-state index in [1.165, 1.54) is 12.1 Å². The first-order valence-corrected chi connectivity index (χ1v) is 6.38. The van der Waals surface area contributed by atoms with Crippen molar-refractivity contribution in [2.24, 2.45) is 0 Å². The molecule has 2 rings (SSSR count). The van der Waals surface area contributed by atoms with Gasteiger partial charge in [0.1, 0.15) is 12.3 Å². The largest absolute Gasteiger partial charge is 0.433 e. The molecular weight excluding hydrogens is 363 g/mol. The summed E-state index contributed by atoms with van der Waals surface area (Å²) in [4.78, 5) is 0. The summed E-state index contributed by atoms with van der Waals surface area (Å²) in [7, 11) is 0. The second-order valence-corrected chi connectivity index (χ2v) is 4.89. The van der Waals surface area contributed by atoms with Gasteiger partial charge in [0, 0.05) is 17.3 Å². The van der Waals surface area contributed by atoms with Crippen molar-refractivity contribution in [3.63, 3.8) is 0 Å². The van der Waals surface area contributed by atoms with Gasteiger partial charge < -0.3 is 4.74 Å². The lowest BCUT2D eigenvalue weighted by molar-refractivity contribution is -0.142. The van der Waals surface area contributed by atoms with Crippen LogP contribution < -0.4 is 4.74 Å². The summed E-state index contributed by atoms with van der Waals surface area (Å²) in [5, 5.41) is 3.57.